The molecule has 0 saturated heterocycles. The van der Waals surface area contributed by atoms with Gasteiger partial charge in [-0.2, -0.15) is 5.10 Å². The maximum absolute atomic E-state index is 6.32. The van der Waals surface area contributed by atoms with Gasteiger partial charge in [-0.1, -0.05) is 18.2 Å². The molecule has 2 atom stereocenters. The lowest BCUT2D eigenvalue weighted by Gasteiger charge is -2.30. The largest absolute Gasteiger partial charge is 0.492 e. The lowest BCUT2D eigenvalue weighted by Crippen LogP contribution is -2.33. The molecule has 5 heteroatoms. The summed E-state index contributed by atoms with van der Waals surface area (Å²) in [5, 5.41) is 4.39. The third-order valence-electron chi connectivity index (χ3n) is 3.05. The van der Waals surface area contributed by atoms with Gasteiger partial charge >= 0.3 is 0 Å². The Labute approximate surface area is 110 Å². The third kappa shape index (κ3) is 2.11. The van der Waals surface area contributed by atoms with Crippen LogP contribution in [0.15, 0.2) is 41.6 Å². The maximum atomic E-state index is 6.32. The molecule has 2 N–H and O–H groups in total. The van der Waals surface area contributed by atoms with E-state index in [0.717, 1.165) is 16.2 Å². The normalized spacial score (nSPS) is 22.3. The molecule has 2 heterocycles. The molecular weight excluding hydrogens is 246 g/mol. The number of aryl methyl sites for hydroxylation is 1. The molecule has 0 bridgehead atoms. The molecule has 0 spiro atoms. The number of ether oxygens (including phenoxy) is 1. The predicted octanol–water partition coefficient (Wildman–Crippen LogP) is 1.97. The Balaban J connectivity index is 1.80. The highest BCUT2D eigenvalue weighted by molar-refractivity contribution is 8.00. The van der Waals surface area contributed by atoms with Gasteiger partial charge in [-0.15, -0.1) is 11.8 Å². The van der Waals surface area contributed by atoms with Gasteiger partial charge in [0.2, 0.25) is 0 Å². The number of hydrogen-bond acceptors (Lipinski definition) is 4. The van der Waals surface area contributed by atoms with Crippen LogP contribution in [0.4, 0.5) is 0 Å². The first-order valence-corrected chi connectivity index (χ1v) is 6.74. The van der Waals surface area contributed by atoms with E-state index in [1.807, 2.05) is 43.7 Å². The first-order chi connectivity index (χ1) is 8.74. The fourth-order valence-electron chi connectivity index (χ4n) is 2.10. The highest BCUT2D eigenvalue weighted by Crippen LogP contribution is 2.38. The lowest BCUT2D eigenvalue weighted by molar-refractivity contribution is 0.276. The molecule has 0 aliphatic carbocycles. The summed E-state index contributed by atoms with van der Waals surface area (Å²) in [6, 6.07) is 7.98. The van der Waals surface area contributed by atoms with Crippen molar-refractivity contribution in [1.82, 2.24) is 9.78 Å². The summed E-state index contributed by atoms with van der Waals surface area (Å²) >= 11 is 1.72. The van der Waals surface area contributed by atoms with Gasteiger partial charge in [0.25, 0.3) is 0 Å². The van der Waals surface area contributed by atoms with Gasteiger partial charge in [0.1, 0.15) is 12.4 Å². The van der Waals surface area contributed by atoms with E-state index >= 15 is 0 Å². The van der Waals surface area contributed by atoms with Crippen molar-refractivity contribution in [3.63, 3.8) is 0 Å². The Morgan fingerprint density at radius 1 is 1.44 bits per heavy atom. The standard InChI is InChI=1S/C13H15N3OS/c1-16-7-9(6-15-16)18-12-8-17-11-5-3-2-4-10(11)13(12)14/h2-7,12-13H,8,14H2,1H3. The molecule has 1 aliphatic heterocycles. The maximum Gasteiger partial charge on any atom is 0.124 e. The van der Waals surface area contributed by atoms with Gasteiger partial charge in [-0.25, -0.2) is 0 Å². The van der Waals surface area contributed by atoms with Crippen LogP contribution in [-0.4, -0.2) is 21.6 Å². The van der Waals surface area contributed by atoms with Crippen molar-refractivity contribution in [2.45, 2.75) is 16.2 Å². The quantitative estimate of drug-likeness (QED) is 0.898. The minimum absolute atomic E-state index is 0.000145. The minimum atomic E-state index is 0.000145. The summed E-state index contributed by atoms with van der Waals surface area (Å²) in [6.07, 6.45) is 3.86. The second-order valence-corrected chi connectivity index (χ2v) is 5.69. The van der Waals surface area contributed by atoms with Crippen LogP contribution in [0.5, 0.6) is 5.75 Å². The molecule has 0 fully saturated rings. The fourth-order valence-corrected chi connectivity index (χ4v) is 3.21. The Bertz CT molecular complexity index is 555. The van der Waals surface area contributed by atoms with Crippen molar-refractivity contribution < 1.29 is 4.74 Å². The molecule has 4 nitrogen and oxygen atoms in total. The van der Waals surface area contributed by atoms with Crippen molar-refractivity contribution in [3.8, 4) is 5.75 Å². The molecule has 0 amide bonds. The SMILES string of the molecule is Cn1cc(SC2COc3ccccc3C2N)cn1. The van der Waals surface area contributed by atoms with Crippen LogP contribution in [-0.2, 0) is 7.05 Å². The highest BCUT2D eigenvalue weighted by atomic mass is 32.2. The topological polar surface area (TPSA) is 53.1 Å². The molecule has 0 saturated carbocycles. The van der Waals surface area contributed by atoms with Crippen LogP contribution in [0.1, 0.15) is 11.6 Å². The fraction of sp³-hybridized carbons (Fsp3) is 0.308. The first-order valence-electron chi connectivity index (χ1n) is 5.86. The third-order valence-corrected chi connectivity index (χ3v) is 4.27. The average molecular weight is 261 g/mol. The molecule has 2 unspecified atom stereocenters. The second kappa shape index (κ2) is 4.66. The van der Waals surface area contributed by atoms with Crippen LogP contribution in [0.3, 0.4) is 0 Å². The van der Waals surface area contributed by atoms with E-state index in [0.29, 0.717) is 6.61 Å². The van der Waals surface area contributed by atoms with Crippen molar-refractivity contribution in [2.75, 3.05) is 6.61 Å². The molecule has 1 aliphatic rings. The number of aromatic nitrogens is 2. The van der Waals surface area contributed by atoms with Crippen LogP contribution >= 0.6 is 11.8 Å². The number of para-hydroxylation sites is 1. The summed E-state index contributed by atoms with van der Waals surface area (Å²) in [7, 11) is 1.91. The van der Waals surface area contributed by atoms with E-state index in [1.165, 1.54) is 0 Å². The van der Waals surface area contributed by atoms with Gasteiger partial charge in [0, 0.05) is 29.7 Å². The van der Waals surface area contributed by atoms with E-state index in [4.69, 9.17) is 10.5 Å². The molecule has 18 heavy (non-hydrogen) atoms. The Morgan fingerprint density at radius 3 is 3.06 bits per heavy atom. The number of nitrogens with zero attached hydrogens (tertiary/aromatic N) is 2. The Kier molecular flexibility index (Phi) is 3.01. The monoisotopic (exact) mass is 261 g/mol. The minimum Gasteiger partial charge on any atom is -0.492 e. The zero-order chi connectivity index (χ0) is 12.5. The van der Waals surface area contributed by atoms with E-state index in [2.05, 4.69) is 5.10 Å². The molecular formula is C13H15N3OS. The van der Waals surface area contributed by atoms with E-state index in [-0.39, 0.29) is 11.3 Å². The molecule has 0 radical (unpaired) electrons. The molecule has 94 valence electrons. The summed E-state index contributed by atoms with van der Waals surface area (Å²) in [5.74, 6) is 0.910. The summed E-state index contributed by atoms with van der Waals surface area (Å²) < 4.78 is 7.55. The van der Waals surface area contributed by atoms with Gasteiger partial charge in [0.05, 0.1) is 11.4 Å². The van der Waals surface area contributed by atoms with E-state index < -0.39 is 0 Å². The lowest BCUT2D eigenvalue weighted by atomic mass is 10.0. The molecule has 2 aromatic rings. The number of hydrogen-bond donors (Lipinski definition) is 1. The smallest absolute Gasteiger partial charge is 0.124 e. The highest BCUT2D eigenvalue weighted by Gasteiger charge is 2.28. The van der Waals surface area contributed by atoms with Crippen LogP contribution in [0, 0.1) is 0 Å². The summed E-state index contributed by atoms with van der Waals surface area (Å²) in [4.78, 5) is 1.13. The average Bonchev–Trinajstić information content (AvgIpc) is 2.79. The van der Waals surface area contributed by atoms with Gasteiger partial charge in [0.15, 0.2) is 0 Å². The van der Waals surface area contributed by atoms with E-state index in [1.54, 1.807) is 16.4 Å². The number of fused-ring (bicyclic) bond motifs is 1. The van der Waals surface area contributed by atoms with Crippen LogP contribution in [0.25, 0.3) is 0 Å². The van der Waals surface area contributed by atoms with Crippen molar-refractivity contribution in [3.05, 3.63) is 42.2 Å². The van der Waals surface area contributed by atoms with Gasteiger partial charge in [-0.05, 0) is 6.07 Å². The number of nitrogens with two attached hydrogens (primary N) is 1. The molecule has 1 aromatic heterocycles. The number of rotatable bonds is 2. The summed E-state index contributed by atoms with van der Waals surface area (Å²) in [5.41, 5.74) is 7.41. The second-order valence-electron chi connectivity index (χ2n) is 4.38. The van der Waals surface area contributed by atoms with E-state index in [9.17, 15) is 0 Å². The zero-order valence-electron chi connectivity index (χ0n) is 10.1. The number of benzene rings is 1. The molecule has 1 aromatic carbocycles. The summed E-state index contributed by atoms with van der Waals surface area (Å²) in [6.45, 7) is 0.637. The Morgan fingerprint density at radius 2 is 2.28 bits per heavy atom. The van der Waals surface area contributed by atoms with Gasteiger partial charge in [-0.3, -0.25) is 4.68 Å². The number of thioether (sulfide) groups is 1. The first kappa shape index (κ1) is 11.6. The van der Waals surface area contributed by atoms with Gasteiger partial charge < -0.3 is 10.5 Å². The van der Waals surface area contributed by atoms with Crippen molar-refractivity contribution >= 4 is 11.8 Å². The Hall–Kier alpha value is -1.46. The van der Waals surface area contributed by atoms with Crippen molar-refractivity contribution in [1.29, 1.82) is 0 Å². The van der Waals surface area contributed by atoms with Crippen LogP contribution < -0.4 is 10.5 Å². The predicted molar refractivity (Wildman–Crippen MR) is 71.7 cm³/mol. The zero-order valence-corrected chi connectivity index (χ0v) is 10.9. The molecule has 3 rings (SSSR count). The van der Waals surface area contributed by atoms with Crippen molar-refractivity contribution in [2.24, 2.45) is 12.8 Å². The van der Waals surface area contributed by atoms with Crippen LogP contribution in [0.2, 0.25) is 0 Å².